The molecule has 2 atom stereocenters. The highest BCUT2D eigenvalue weighted by atomic mass is 16.5. The average molecular weight is 355 g/mol. The van der Waals surface area contributed by atoms with Crippen molar-refractivity contribution in [3.05, 3.63) is 59.7 Å². The number of benzene rings is 2. The van der Waals surface area contributed by atoms with Gasteiger partial charge in [0.2, 0.25) is 0 Å². The Labute approximate surface area is 156 Å². The minimum Gasteiger partial charge on any atom is -0.508 e. The van der Waals surface area contributed by atoms with Gasteiger partial charge in [-0.2, -0.15) is 0 Å². The minimum atomic E-state index is -0.776. The van der Waals surface area contributed by atoms with Crippen molar-refractivity contribution >= 4 is 0 Å². The normalized spacial score (nSPS) is 24.0. The maximum absolute atomic E-state index is 11.2. The Morgan fingerprint density at radius 1 is 1.12 bits per heavy atom. The summed E-state index contributed by atoms with van der Waals surface area (Å²) in [6.45, 7) is 7.17. The van der Waals surface area contributed by atoms with Crippen molar-refractivity contribution in [1.29, 1.82) is 0 Å². The Morgan fingerprint density at radius 2 is 1.77 bits per heavy atom. The fraction of sp³-hybridized carbons (Fsp3) is 0.455. The molecule has 4 nitrogen and oxygen atoms in total. The van der Waals surface area contributed by atoms with Gasteiger partial charge in [-0.25, -0.2) is 0 Å². The van der Waals surface area contributed by atoms with E-state index in [1.165, 1.54) is 5.56 Å². The number of likely N-dealkylation sites (tertiary alicyclic amines) is 1. The van der Waals surface area contributed by atoms with Crippen LogP contribution in [-0.2, 0) is 6.42 Å². The number of aliphatic hydroxyl groups is 1. The zero-order valence-electron chi connectivity index (χ0n) is 15.9. The first-order valence-corrected chi connectivity index (χ1v) is 9.34. The van der Waals surface area contributed by atoms with Crippen LogP contribution in [0.4, 0.5) is 0 Å². The lowest BCUT2D eigenvalue weighted by atomic mass is 9.84. The summed E-state index contributed by atoms with van der Waals surface area (Å²) < 4.78 is 6.19. The Morgan fingerprint density at radius 3 is 2.38 bits per heavy atom. The fourth-order valence-electron chi connectivity index (χ4n) is 3.65. The van der Waals surface area contributed by atoms with Crippen molar-refractivity contribution in [2.75, 3.05) is 6.54 Å². The second-order valence-corrected chi connectivity index (χ2v) is 7.74. The summed E-state index contributed by atoms with van der Waals surface area (Å²) >= 11 is 0. The molecule has 4 heteroatoms. The number of hydrogen-bond donors (Lipinski definition) is 2. The van der Waals surface area contributed by atoms with Gasteiger partial charge in [-0.1, -0.05) is 29.8 Å². The lowest BCUT2D eigenvalue weighted by molar-refractivity contribution is -0.114. The van der Waals surface area contributed by atoms with Crippen LogP contribution < -0.4 is 4.74 Å². The first-order chi connectivity index (χ1) is 12.3. The molecule has 1 aliphatic heterocycles. The van der Waals surface area contributed by atoms with Crippen molar-refractivity contribution in [1.82, 2.24) is 4.90 Å². The Balaban J connectivity index is 1.75. The van der Waals surface area contributed by atoms with Crippen LogP contribution >= 0.6 is 0 Å². The van der Waals surface area contributed by atoms with E-state index in [1.807, 2.05) is 0 Å². The lowest BCUT2D eigenvalue weighted by Gasteiger charge is -2.45. The molecule has 0 aromatic heterocycles. The molecule has 2 aromatic rings. The van der Waals surface area contributed by atoms with Gasteiger partial charge < -0.3 is 14.9 Å². The average Bonchev–Trinajstić information content (AvgIpc) is 2.59. The monoisotopic (exact) mass is 355 g/mol. The van der Waals surface area contributed by atoms with E-state index in [-0.39, 0.29) is 12.0 Å². The number of hydrogen-bond acceptors (Lipinski definition) is 4. The molecular formula is C22H29NO3. The Kier molecular flexibility index (Phi) is 5.54. The molecule has 2 N–H and O–H groups in total. The summed E-state index contributed by atoms with van der Waals surface area (Å²) in [5.41, 5.74) is 1.60. The van der Waals surface area contributed by atoms with Crippen LogP contribution in [-0.4, -0.2) is 39.5 Å². The second-order valence-electron chi connectivity index (χ2n) is 7.74. The highest BCUT2D eigenvalue weighted by Crippen LogP contribution is 2.33. The molecule has 26 heavy (non-hydrogen) atoms. The van der Waals surface area contributed by atoms with Crippen molar-refractivity contribution < 1.29 is 14.9 Å². The van der Waals surface area contributed by atoms with E-state index in [4.69, 9.17) is 4.74 Å². The molecule has 0 bridgehead atoms. The largest absolute Gasteiger partial charge is 0.508 e. The molecule has 140 valence electrons. The summed E-state index contributed by atoms with van der Waals surface area (Å²) in [6, 6.07) is 15.5. The van der Waals surface area contributed by atoms with Gasteiger partial charge in [0.15, 0.2) is 6.23 Å². The zero-order valence-corrected chi connectivity index (χ0v) is 15.9. The van der Waals surface area contributed by atoms with Gasteiger partial charge in [0.1, 0.15) is 11.5 Å². The molecule has 1 saturated heterocycles. The molecule has 1 aliphatic rings. The molecule has 0 saturated carbocycles. The first kappa shape index (κ1) is 18.7. The van der Waals surface area contributed by atoms with Crippen molar-refractivity contribution in [2.45, 2.75) is 57.9 Å². The molecule has 1 heterocycles. The standard InChI is InChI=1S/C22H29NO3/c1-16(2)23-13-12-22(25,14-18-6-4-17(3)5-7-18)15-21(23)26-20-10-8-19(24)9-11-20/h4-11,16,21,24-25H,12-15H2,1-3H3. The molecule has 0 radical (unpaired) electrons. The molecule has 0 spiro atoms. The summed E-state index contributed by atoms with van der Waals surface area (Å²) in [6.07, 6.45) is 1.73. The number of phenolic OH excluding ortho intramolecular Hbond substituents is 1. The van der Waals surface area contributed by atoms with E-state index in [1.54, 1.807) is 24.3 Å². The highest BCUT2D eigenvalue weighted by molar-refractivity contribution is 5.30. The first-order valence-electron chi connectivity index (χ1n) is 9.34. The van der Waals surface area contributed by atoms with E-state index in [9.17, 15) is 10.2 Å². The summed E-state index contributed by atoms with van der Waals surface area (Å²) in [7, 11) is 0. The maximum Gasteiger partial charge on any atom is 0.155 e. The van der Waals surface area contributed by atoms with E-state index in [2.05, 4.69) is 49.9 Å². The van der Waals surface area contributed by atoms with Crippen LogP contribution in [0.1, 0.15) is 37.8 Å². The summed E-state index contributed by atoms with van der Waals surface area (Å²) in [5.74, 6) is 0.927. The predicted octanol–water partition coefficient (Wildman–Crippen LogP) is 3.88. The quantitative estimate of drug-likeness (QED) is 0.854. The topological polar surface area (TPSA) is 52.9 Å². The Bertz CT molecular complexity index is 711. The number of ether oxygens (including phenoxy) is 1. The van der Waals surface area contributed by atoms with E-state index in [0.29, 0.717) is 24.6 Å². The fourth-order valence-corrected chi connectivity index (χ4v) is 3.65. The molecule has 3 rings (SSSR count). The number of aromatic hydroxyl groups is 1. The minimum absolute atomic E-state index is 0.191. The number of nitrogens with zero attached hydrogens (tertiary/aromatic N) is 1. The van der Waals surface area contributed by atoms with Crippen molar-refractivity contribution in [3.63, 3.8) is 0 Å². The lowest BCUT2D eigenvalue weighted by Crippen LogP contribution is -2.55. The van der Waals surface area contributed by atoms with Crippen molar-refractivity contribution in [3.8, 4) is 11.5 Å². The zero-order chi connectivity index (χ0) is 18.7. The van der Waals surface area contributed by atoms with Crippen LogP contribution in [0, 0.1) is 6.92 Å². The van der Waals surface area contributed by atoms with Crippen molar-refractivity contribution in [2.24, 2.45) is 0 Å². The van der Waals surface area contributed by atoms with Crippen LogP contribution in [0.2, 0.25) is 0 Å². The van der Waals surface area contributed by atoms with Crippen LogP contribution in [0.25, 0.3) is 0 Å². The van der Waals surface area contributed by atoms with Gasteiger partial charge >= 0.3 is 0 Å². The van der Waals surface area contributed by atoms with Crippen LogP contribution in [0.15, 0.2) is 48.5 Å². The smallest absolute Gasteiger partial charge is 0.155 e. The molecule has 2 unspecified atom stereocenters. The van der Waals surface area contributed by atoms with E-state index in [0.717, 1.165) is 18.5 Å². The molecule has 2 aromatic carbocycles. The Hall–Kier alpha value is -2.04. The molecular weight excluding hydrogens is 326 g/mol. The molecule has 0 amide bonds. The third-order valence-electron chi connectivity index (χ3n) is 5.19. The number of phenols is 1. The van der Waals surface area contributed by atoms with Gasteiger partial charge in [0.25, 0.3) is 0 Å². The van der Waals surface area contributed by atoms with E-state index >= 15 is 0 Å². The third-order valence-corrected chi connectivity index (χ3v) is 5.19. The van der Waals surface area contributed by atoms with Crippen LogP contribution in [0.3, 0.4) is 0 Å². The summed E-state index contributed by atoms with van der Waals surface area (Å²) in [4.78, 5) is 2.29. The van der Waals surface area contributed by atoms with Crippen LogP contribution in [0.5, 0.6) is 11.5 Å². The van der Waals surface area contributed by atoms with Gasteiger partial charge in [0, 0.05) is 25.4 Å². The van der Waals surface area contributed by atoms with Gasteiger partial charge in [0.05, 0.1) is 5.60 Å². The van der Waals surface area contributed by atoms with Gasteiger partial charge in [-0.05, 0) is 57.0 Å². The number of aryl methyl sites for hydroxylation is 1. The van der Waals surface area contributed by atoms with Gasteiger partial charge in [-0.3, -0.25) is 4.90 Å². The number of rotatable bonds is 5. The second kappa shape index (κ2) is 7.68. The highest BCUT2D eigenvalue weighted by Gasteiger charge is 2.40. The van der Waals surface area contributed by atoms with Gasteiger partial charge in [-0.15, -0.1) is 0 Å². The predicted molar refractivity (Wildman–Crippen MR) is 103 cm³/mol. The maximum atomic E-state index is 11.2. The molecule has 0 aliphatic carbocycles. The summed E-state index contributed by atoms with van der Waals surface area (Å²) in [5, 5.41) is 20.7. The molecule has 1 fully saturated rings. The van der Waals surface area contributed by atoms with E-state index < -0.39 is 5.60 Å². The number of piperidine rings is 1. The third kappa shape index (κ3) is 4.57. The SMILES string of the molecule is Cc1ccc(CC2(O)CCN(C(C)C)C(Oc3ccc(O)cc3)C2)cc1.